The number of rotatable bonds is 2. The summed E-state index contributed by atoms with van der Waals surface area (Å²) in [4.78, 5) is 0. The van der Waals surface area contributed by atoms with Gasteiger partial charge in [0.05, 0.1) is 0 Å². The van der Waals surface area contributed by atoms with E-state index in [4.69, 9.17) is 11.6 Å². The lowest BCUT2D eigenvalue weighted by atomic mass is 9.81. The fourth-order valence-electron chi connectivity index (χ4n) is 3.06. The zero-order chi connectivity index (χ0) is 15.4. The van der Waals surface area contributed by atoms with Crippen LogP contribution in [0.3, 0.4) is 0 Å². The van der Waals surface area contributed by atoms with E-state index in [0.717, 1.165) is 10.6 Å². The first-order valence-electron chi connectivity index (χ1n) is 6.85. The lowest BCUT2D eigenvalue weighted by Gasteiger charge is -2.22. The lowest BCUT2D eigenvalue weighted by molar-refractivity contribution is 0.441. The molecule has 0 atom stereocenters. The van der Waals surface area contributed by atoms with E-state index in [1.807, 2.05) is 18.2 Å². The van der Waals surface area contributed by atoms with Crippen LogP contribution in [0.15, 0.2) is 55.3 Å². The number of aliphatic hydroxyl groups excluding tert-OH is 1. The first kappa shape index (κ1) is 14.0. The molecule has 1 aliphatic carbocycles. The first-order chi connectivity index (χ1) is 9.82. The number of aliphatic hydroxyl groups is 1. The highest BCUT2D eigenvalue weighted by Crippen LogP contribution is 2.49. The van der Waals surface area contributed by atoms with Gasteiger partial charge in [0.25, 0.3) is 0 Å². The Kier molecular flexibility index (Phi) is 3.00. The van der Waals surface area contributed by atoms with Crippen molar-refractivity contribution in [3.05, 3.63) is 77.0 Å². The van der Waals surface area contributed by atoms with Crippen molar-refractivity contribution in [1.82, 2.24) is 0 Å². The number of halogens is 1. The van der Waals surface area contributed by atoms with Crippen LogP contribution >= 0.6 is 11.6 Å². The molecule has 106 valence electrons. The van der Waals surface area contributed by atoms with Crippen molar-refractivity contribution in [2.24, 2.45) is 0 Å². The summed E-state index contributed by atoms with van der Waals surface area (Å²) in [6.07, 6.45) is 0. The Hall–Kier alpha value is -1.99. The average molecular weight is 297 g/mol. The largest absolute Gasteiger partial charge is 0.508 e. The standard InChI is InChI=1S/C19H17ClO/c1-11(12(2)21)13-5-7-15-16-8-6-14(20)10-18(16)19(3,4)17(15)9-13/h5-10,21H,1-2H2,3-4H3. The molecule has 0 aromatic heterocycles. The van der Waals surface area contributed by atoms with E-state index < -0.39 is 0 Å². The fourth-order valence-corrected chi connectivity index (χ4v) is 3.24. The van der Waals surface area contributed by atoms with E-state index in [1.165, 1.54) is 22.3 Å². The highest BCUT2D eigenvalue weighted by atomic mass is 35.5. The van der Waals surface area contributed by atoms with Crippen LogP contribution in [0.2, 0.25) is 5.02 Å². The second-order valence-electron chi connectivity index (χ2n) is 6.00. The van der Waals surface area contributed by atoms with E-state index >= 15 is 0 Å². The molecule has 0 fully saturated rings. The molecule has 0 saturated heterocycles. The van der Waals surface area contributed by atoms with Gasteiger partial charge in [0, 0.05) is 16.0 Å². The van der Waals surface area contributed by atoms with E-state index in [2.05, 4.69) is 45.2 Å². The number of hydrogen-bond donors (Lipinski definition) is 1. The van der Waals surface area contributed by atoms with Crippen LogP contribution in [0.1, 0.15) is 30.5 Å². The second-order valence-corrected chi connectivity index (χ2v) is 6.44. The van der Waals surface area contributed by atoms with E-state index in [9.17, 15) is 5.11 Å². The minimum atomic E-state index is -0.122. The Labute approximate surface area is 130 Å². The maximum atomic E-state index is 9.55. The topological polar surface area (TPSA) is 20.2 Å². The summed E-state index contributed by atoms with van der Waals surface area (Å²) in [6.45, 7) is 11.8. The third-order valence-electron chi connectivity index (χ3n) is 4.33. The maximum Gasteiger partial charge on any atom is 0.115 e. The molecule has 1 N–H and O–H groups in total. The van der Waals surface area contributed by atoms with Gasteiger partial charge in [0.1, 0.15) is 5.76 Å². The first-order valence-corrected chi connectivity index (χ1v) is 7.22. The molecule has 0 heterocycles. The highest BCUT2D eigenvalue weighted by Gasteiger charge is 2.35. The number of benzene rings is 2. The smallest absolute Gasteiger partial charge is 0.115 e. The Morgan fingerprint density at radius 3 is 2.19 bits per heavy atom. The van der Waals surface area contributed by atoms with Gasteiger partial charge in [-0.15, -0.1) is 0 Å². The van der Waals surface area contributed by atoms with E-state index in [-0.39, 0.29) is 11.2 Å². The van der Waals surface area contributed by atoms with Gasteiger partial charge in [0.15, 0.2) is 0 Å². The minimum absolute atomic E-state index is 0.00584. The molecule has 0 radical (unpaired) electrons. The maximum absolute atomic E-state index is 9.55. The quantitative estimate of drug-likeness (QED) is 0.554. The van der Waals surface area contributed by atoms with Crippen molar-refractivity contribution in [3.8, 4) is 11.1 Å². The average Bonchev–Trinajstić information content (AvgIpc) is 2.66. The molecule has 0 bridgehead atoms. The van der Waals surface area contributed by atoms with Crippen LogP contribution in [0.4, 0.5) is 0 Å². The molecule has 2 heteroatoms. The van der Waals surface area contributed by atoms with Gasteiger partial charge >= 0.3 is 0 Å². The third-order valence-corrected chi connectivity index (χ3v) is 4.57. The summed E-state index contributed by atoms with van der Waals surface area (Å²) in [5, 5.41) is 10.3. The molecule has 1 nitrogen and oxygen atoms in total. The van der Waals surface area contributed by atoms with Crippen molar-refractivity contribution in [2.75, 3.05) is 0 Å². The van der Waals surface area contributed by atoms with Gasteiger partial charge < -0.3 is 5.11 Å². The van der Waals surface area contributed by atoms with Crippen LogP contribution in [-0.4, -0.2) is 5.11 Å². The van der Waals surface area contributed by atoms with Gasteiger partial charge in [-0.1, -0.05) is 56.8 Å². The predicted molar refractivity (Wildman–Crippen MR) is 89.8 cm³/mol. The molecular weight excluding hydrogens is 280 g/mol. The molecular formula is C19H17ClO. The second kappa shape index (κ2) is 4.51. The van der Waals surface area contributed by atoms with Gasteiger partial charge in [-0.2, -0.15) is 0 Å². The summed E-state index contributed by atoms with van der Waals surface area (Å²) in [6, 6.07) is 12.2. The molecule has 0 saturated carbocycles. The SMILES string of the molecule is C=C(O)C(=C)c1ccc2c(c1)C(C)(C)c1cc(Cl)ccc1-2. The van der Waals surface area contributed by atoms with Gasteiger partial charge in [0.2, 0.25) is 0 Å². The summed E-state index contributed by atoms with van der Waals surface area (Å²) in [5.74, 6) is 0.00584. The molecule has 2 aromatic rings. The molecule has 21 heavy (non-hydrogen) atoms. The molecule has 0 spiro atoms. The fraction of sp³-hybridized carbons (Fsp3) is 0.158. The van der Waals surface area contributed by atoms with Crippen LogP contribution in [-0.2, 0) is 5.41 Å². The zero-order valence-electron chi connectivity index (χ0n) is 12.2. The number of hydrogen-bond acceptors (Lipinski definition) is 1. The predicted octanol–water partition coefficient (Wildman–Crippen LogP) is 5.73. The molecule has 0 amide bonds. The molecule has 0 unspecified atom stereocenters. The number of allylic oxidation sites excluding steroid dienone is 1. The summed E-state index contributed by atoms with van der Waals surface area (Å²) < 4.78 is 0. The van der Waals surface area contributed by atoms with Crippen molar-refractivity contribution >= 4 is 17.2 Å². The van der Waals surface area contributed by atoms with Crippen LogP contribution in [0.5, 0.6) is 0 Å². The van der Waals surface area contributed by atoms with E-state index in [0.29, 0.717) is 5.57 Å². The normalized spacial score (nSPS) is 14.4. The van der Waals surface area contributed by atoms with Crippen LogP contribution in [0, 0.1) is 0 Å². The Morgan fingerprint density at radius 2 is 1.57 bits per heavy atom. The van der Waals surface area contributed by atoms with Crippen molar-refractivity contribution in [3.63, 3.8) is 0 Å². The van der Waals surface area contributed by atoms with Crippen LogP contribution in [0.25, 0.3) is 16.7 Å². The molecule has 2 aromatic carbocycles. The Balaban J connectivity index is 2.23. The summed E-state index contributed by atoms with van der Waals surface area (Å²) in [5.41, 5.74) is 6.22. The summed E-state index contributed by atoms with van der Waals surface area (Å²) >= 11 is 6.16. The van der Waals surface area contributed by atoms with Gasteiger partial charge in [-0.25, -0.2) is 0 Å². The van der Waals surface area contributed by atoms with Gasteiger partial charge in [-0.3, -0.25) is 0 Å². The molecule has 1 aliphatic rings. The minimum Gasteiger partial charge on any atom is -0.508 e. The Bertz CT molecular complexity index is 784. The molecule has 3 rings (SSSR count). The highest BCUT2D eigenvalue weighted by molar-refractivity contribution is 6.30. The van der Waals surface area contributed by atoms with Crippen molar-refractivity contribution in [1.29, 1.82) is 0 Å². The Morgan fingerprint density at radius 1 is 1.00 bits per heavy atom. The lowest BCUT2D eigenvalue weighted by Crippen LogP contribution is -2.15. The summed E-state index contributed by atoms with van der Waals surface area (Å²) in [7, 11) is 0. The molecule has 0 aliphatic heterocycles. The van der Waals surface area contributed by atoms with Crippen LogP contribution < -0.4 is 0 Å². The van der Waals surface area contributed by atoms with E-state index in [1.54, 1.807) is 0 Å². The van der Waals surface area contributed by atoms with Gasteiger partial charge in [-0.05, 0) is 46.0 Å². The van der Waals surface area contributed by atoms with Crippen molar-refractivity contribution < 1.29 is 5.11 Å². The monoisotopic (exact) mass is 296 g/mol. The zero-order valence-corrected chi connectivity index (χ0v) is 13.0. The third kappa shape index (κ3) is 2.00. The number of fused-ring (bicyclic) bond motifs is 3. The van der Waals surface area contributed by atoms with Crippen molar-refractivity contribution in [2.45, 2.75) is 19.3 Å².